The maximum atomic E-state index is 4.62. The Hall–Kier alpha value is -1.51. The summed E-state index contributed by atoms with van der Waals surface area (Å²) in [5.74, 6) is 0. The zero-order valence-corrected chi connectivity index (χ0v) is 12.9. The molecule has 0 unspecified atom stereocenters. The number of hydrogen-bond donors (Lipinski definition) is 0. The fraction of sp³-hybridized carbons (Fsp3) is 0.588. The van der Waals surface area contributed by atoms with Gasteiger partial charge in [-0.1, -0.05) is 25.0 Å². The van der Waals surface area contributed by atoms with Crippen LogP contribution in [0, 0.1) is 0 Å². The lowest BCUT2D eigenvalue weighted by atomic mass is 10.2. The molecule has 1 aromatic carbocycles. The third kappa shape index (κ3) is 4.26. The van der Waals surface area contributed by atoms with Gasteiger partial charge in [0.2, 0.25) is 0 Å². The van der Waals surface area contributed by atoms with Gasteiger partial charge in [-0.2, -0.15) is 5.10 Å². The second-order valence-electron chi connectivity index (χ2n) is 5.38. The monoisotopic (exact) mass is 273 g/mol. The topological polar surface area (TPSA) is 18.8 Å². The Morgan fingerprint density at radius 3 is 2.15 bits per heavy atom. The Morgan fingerprint density at radius 2 is 1.60 bits per heavy atom. The Morgan fingerprint density at radius 1 is 1.00 bits per heavy atom. The summed E-state index contributed by atoms with van der Waals surface area (Å²) in [4.78, 5) is 2.36. The predicted octanol–water partition coefficient (Wildman–Crippen LogP) is 3.74. The van der Waals surface area contributed by atoms with Crippen molar-refractivity contribution in [3.63, 3.8) is 0 Å². The van der Waals surface area contributed by atoms with Crippen molar-refractivity contribution in [3.8, 4) is 0 Å². The molecule has 1 heterocycles. The third-order valence-corrected chi connectivity index (χ3v) is 3.97. The number of rotatable bonds is 5. The van der Waals surface area contributed by atoms with Gasteiger partial charge in [0.1, 0.15) is 0 Å². The van der Waals surface area contributed by atoms with Gasteiger partial charge in [0.05, 0.1) is 6.21 Å². The lowest BCUT2D eigenvalue weighted by Gasteiger charge is -2.21. The van der Waals surface area contributed by atoms with Crippen molar-refractivity contribution in [2.24, 2.45) is 5.10 Å². The summed E-state index contributed by atoms with van der Waals surface area (Å²) >= 11 is 0. The minimum atomic E-state index is 1.05. The van der Waals surface area contributed by atoms with Gasteiger partial charge in [-0.3, -0.25) is 5.01 Å². The molecule has 3 heteroatoms. The molecule has 1 fully saturated rings. The number of hydrazone groups is 1. The van der Waals surface area contributed by atoms with E-state index in [1.54, 1.807) is 0 Å². The molecule has 1 aliphatic heterocycles. The van der Waals surface area contributed by atoms with E-state index in [1.807, 2.05) is 6.21 Å². The van der Waals surface area contributed by atoms with Gasteiger partial charge in [0.25, 0.3) is 0 Å². The standard InChI is InChI=1S/C17H27N3/c1-3-19(4-2)17-11-9-16(10-12-17)15-18-20-13-7-5-6-8-14-20/h9-12,15H,3-8,13-14H2,1-2H3/b18-15+. The first-order chi connectivity index (χ1) is 9.83. The number of benzene rings is 1. The van der Waals surface area contributed by atoms with E-state index in [-0.39, 0.29) is 0 Å². The van der Waals surface area contributed by atoms with Gasteiger partial charge in [-0.15, -0.1) is 0 Å². The van der Waals surface area contributed by atoms with Gasteiger partial charge >= 0.3 is 0 Å². The van der Waals surface area contributed by atoms with E-state index in [1.165, 1.54) is 36.9 Å². The maximum absolute atomic E-state index is 4.62. The van der Waals surface area contributed by atoms with Crippen LogP contribution in [0.1, 0.15) is 45.1 Å². The van der Waals surface area contributed by atoms with Crippen LogP contribution in [0.25, 0.3) is 0 Å². The highest BCUT2D eigenvalue weighted by Crippen LogP contribution is 2.14. The Bertz CT molecular complexity index is 399. The fourth-order valence-corrected chi connectivity index (χ4v) is 2.68. The molecule has 1 aliphatic rings. The molecule has 20 heavy (non-hydrogen) atoms. The normalized spacial score (nSPS) is 16.4. The zero-order chi connectivity index (χ0) is 14.2. The van der Waals surface area contributed by atoms with Crippen LogP contribution in [0.2, 0.25) is 0 Å². The van der Waals surface area contributed by atoms with E-state index in [0.717, 1.165) is 26.2 Å². The van der Waals surface area contributed by atoms with E-state index < -0.39 is 0 Å². The minimum absolute atomic E-state index is 1.05. The zero-order valence-electron chi connectivity index (χ0n) is 12.9. The lowest BCUT2D eigenvalue weighted by molar-refractivity contribution is 0.302. The highest BCUT2D eigenvalue weighted by Gasteiger charge is 2.05. The predicted molar refractivity (Wildman–Crippen MR) is 87.6 cm³/mol. The van der Waals surface area contributed by atoms with Crippen LogP contribution >= 0.6 is 0 Å². The molecule has 3 nitrogen and oxygen atoms in total. The summed E-state index contributed by atoms with van der Waals surface area (Å²) in [6.45, 7) is 8.70. The molecule has 0 atom stereocenters. The summed E-state index contributed by atoms with van der Waals surface area (Å²) in [7, 11) is 0. The maximum Gasteiger partial charge on any atom is 0.0542 e. The molecule has 1 aromatic rings. The number of anilines is 1. The summed E-state index contributed by atoms with van der Waals surface area (Å²) in [6, 6.07) is 8.71. The molecule has 0 N–H and O–H groups in total. The molecular weight excluding hydrogens is 246 g/mol. The quantitative estimate of drug-likeness (QED) is 0.761. The van der Waals surface area contributed by atoms with E-state index in [9.17, 15) is 0 Å². The van der Waals surface area contributed by atoms with Crippen molar-refractivity contribution in [1.29, 1.82) is 0 Å². The van der Waals surface area contributed by atoms with Crippen LogP contribution in [-0.2, 0) is 0 Å². The van der Waals surface area contributed by atoms with Crippen LogP contribution in [-0.4, -0.2) is 37.4 Å². The third-order valence-electron chi connectivity index (χ3n) is 3.97. The van der Waals surface area contributed by atoms with Gasteiger partial charge in [0.15, 0.2) is 0 Å². The smallest absolute Gasteiger partial charge is 0.0542 e. The second kappa shape index (κ2) is 7.93. The van der Waals surface area contributed by atoms with Crippen molar-refractivity contribution in [2.75, 3.05) is 31.1 Å². The van der Waals surface area contributed by atoms with Crippen molar-refractivity contribution in [1.82, 2.24) is 5.01 Å². The largest absolute Gasteiger partial charge is 0.372 e. The molecule has 1 saturated heterocycles. The molecule has 0 spiro atoms. The van der Waals surface area contributed by atoms with Crippen LogP contribution in [0.4, 0.5) is 5.69 Å². The molecule has 0 amide bonds. The molecule has 110 valence electrons. The van der Waals surface area contributed by atoms with Gasteiger partial charge in [0, 0.05) is 31.9 Å². The molecule has 0 radical (unpaired) electrons. The summed E-state index contributed by atoms with van der Waals surface area (Å²) in [5.41, 5.74) is 2.48. The molecule has 2 rings (SSSR count). The SMILES string of the molecule is CCN(CC)c1ccc(/C=N/N2CCCCCC2)cc1. The van der Waals surface area contributed by atoms with Crippen LogP contribution in [0.5, 0.6) is 0 Å². The fourth-order valence-electron chi connectivity index (χ4n) is 2.68. The molecule has 0 aromatic heterocycles. The first-order valence-electron chi connectivity index (χ1n) is 7.97. The highest BCUT2D eigenvalue weighted by molar-refractivity contribution is 5.80. The van der Waals surface area contributed by atoms with Crippen LogP contribution in [0.15, 0.2) is 29.4 Å². The lowest BCUT2D eigenvalue weighted by Crippen LogP contribution is -2.21. The van der Waals surface area contributed by atoms with E-state index in [2.05, 4.69) is 53.1 Å². The molecule has 0 bridgehead atoms. The Balaban J connectivity index is 1.95. The van der Waals surface area contributed by atoms with Crippen molar-refractivity contribution >= 4 is 11.9 Å². The number of nitrogens with zero attached hydrogens (tertiary/aromatic N) is 3. The summed E-state index contributed by atoms with van der Waals surface area (Å²) < 4.78 is 0. The van der Waals surface area contributed by atoms with Crippen molar-refractivity contribution in [3.05, 3.63) is 29.8 Å². The van der Waals surface area contributed by atoms with Crippen molar-refractivity contribution in [2.45, 2.75) is 39.5 Å². The average Bonchev–Trinajstić information content (AvgIpc) is 2.76. The highest BCUT2D eigenvalue weighted by atomic mass is 15.4. The Labute approximate surface area is 123 Å². The van der Waals surface area contributed by atoms with Crippen LogP contribution < -0.4 is 4.90 Å². The first kappa shape index (κ1) is 14.9. The molecule has 0 aliphatic carbocycles. The average molecular weight is 273 g/mol. The second-order valence-corrected chi connectivity index (χ2v) is 5.38. The van der Waals surface area contributed by atoms with Gasteiger partial charge in [-0.05, 0) is 44.4 Å². The van der Waals surface area contributed by atoms with E-state index >= 15 is 0 Å². The van der Waals surface area contributed by atoms with Crippen molar-refractivity contribution < 1.29 is 0 Å². The molecular formula is C17H27N3. The first-order valence-corrected chi connectivity index (χ1v) is 7.97. The number of hydrogen-bond acceptors (Lipinski definition) is 3. The minimum Gasteiger partial charge on any atom is -0.372 e. The summed E-state index contributed by atoms with van der Waals surface area (Å²) in [6.07, 6.45) is 7.25. The van der Waals surface area contributed by atoms with E-state index in [0.29, 0.717) is 0 Å². The van der Waals surface area contributed by atoms with Gasteiger partial charge < -0.3 is 4.90 Å². The van der Waals surface area contributed by atoms with Gasteiger partial charge in [-0.25, -0.2) is 0 Å². The summed E-state index contributed by atoms with van der Waals surface area (Å²) in [5, 5.41) is 6.84. The van der Waals surface area contributed by atoms with E-state index in [4.69, 9.17) is 0 Å². The molecule has 0 saturated carbocycles. The Kier molecular flexibility index (Phi) is 5.90. The van der Waals surface area contributed by atoms with Crippen LogP contribution in [0.3, 0.4) is 0 Å².